The van der Waals surface area contributed by atoms with E-state index in [9.17, 15) is 0 Å². The predicted molar refractivity (Wildman–Crippen MR) is 98.3 cm³/mol. The Hall–Kier alpha value is -2.88. The van der Waals surface area contributed by atoms with Crippen molar-refractivity contribution in [2.75, 3.05) is 30.0 Å². The molecule has 0 spiro atoms. The zero-order chi connectivity index (χ0) is 17.9. The van der Waals surface area contributed by atoms with Gasteiger partial charge in [0.1, 0.15) is 23.9 Å². The van der Waals surface area contributed by atoms with Gasteiger partial charge in [-0.05, 0) is 37.8 Å². The second-order valence-corrected chi connectivity index (χ2v) is 6.79. The van der Waals surface area contributed by atoms with Crippen LogP contribution in [0.4, 0.5) is 11.5 Å². The van der Waals surface area contributed by atoms with Gasteiger partial charge in [0.2, 0.25) is 5.88 Å². The smallest absolute Gasteiger partial charge is 0.218 e. The first kappa shape index (κ1) is 16.6. The van der Waals surface area contributed by atoms with Crippen LogP contribution in [-0.2, 0) is 0 Å². The van der Waals surface area contributed by atoms with E-state index < -0.39 is 0 Å². The second kappa shape index (κ2) is 7.16. The molecule has 2 aromatic heterocycles. The standard InChI is InChI=1S/C19H22N6O/c1-26-19-11-18(22-13-23-19)25(15-2-3-15)16-5-8-24(9-6-16)17-4-7-21-14(10-17)12-20/h4,7,10-11,13,15-16H,2-3,5-6,8-9H2,1H3. The van der Waals surface area contributed by atoms with Crippen molar-refractivity contribution in [1.29, 1.82) is 5.26 Å². The molecule has 1 aliphatic carbocycles. The second-order valence-electron chi connectivity index (χ2n) is 6.79. The number of aromatic nitrogens is 3. The lowest BCUT2D eigenvalue weighted by Crippen LogP contribution is -2.46. The van der Waals surface area contributed by atoms with Crippen LogP contribution in [0.3, 0.4) is 0 Å². The number of hydrogen-bond donors (Lipinski definition) is 0. The summed E-state index contributed by atoms with van der Waals surface area (Å²) in [4.78, 5) is 17.5. The van der Waals surface area contributed by atoms with Gasteiger partial charge in [-0.15, -0.1) is 0 Å². The van der Waals surface area contributed by atoms with Gasteiger partial charge in [-0.2, -0.15) is 5.26 Å². The molecule has 1 saturated carbocycles. The molecule has 0 N–H and O–H groups in total. The molecule has 2 aliphatic rings. The fraction of sp³-hybridized carbons (Fsp3) is 0.474. The third-order valence-corrected chi connectivity index (χ3v) is 5.12. The first-order valence-corrected chi connectivity index (χ1v) is 9.04. The lowest BCUT2D eigenvalue weighted by Gasteiger charge is -2.40. The highest BCUT2D eigenvalue weighted by molar-refractivity contribution is 5.50. The zero-order valence-corrected chi connectivity index (χ0v) is 14.9. The number of nitriles is 1. The summed E-state index contributed by atoms with van der Waals surface area (Å²) < 4.78 is 5.27. The Morgan fingerprint density at radius 2 is 1.88 bits per heavy atom. The Bertz CT molecular complexity index is 808. The van der Waals surface area contributed by atoms with Crippen LogP contribution in [0, 0.1) is 11.3 Å². The molecule has 0 radical (unpaired) electrons. The van der Waals surface area contributed by atoms with Crippen LogP contribution in [0.1, 0.15) is 31.4 Å². The van der Waals surface area contributed by atoms with Crippen LogP contribution in [0.2, 0.25) is 0 Å². The molecule has 26 heavy (non-hydrogen) atoms. The average molecular weight is 350 g/mol. The number of nitrogens with zero attached hydrogens (tertiary/aromatic N) is 6. The van der Waals surface area contributed by atoms with Crippen molar-refractivity contribution in [3.05, 3.63) is 36.4 Å². The third kappa shape index (κ3) is 3.40. The van der Waals surface area contributed by atoms with Crippen molar-refractivity contribution in [3.63, 3.8) is 0 Å². The lowest BCUT2D eigenvalue weighted by molar-refractivity contribution is 0.395. The molecule has 3 heterocycles. The van der Waals surface area contributed by atoms with Crippen molar-refractivity contribution in [1.82, 2.24) is 15.0 Å². The molecule has 2 fully saturated rings. The van der Waals surface area contributed by atoms with E-state index in [4.69, 9.17) is 10.00 Å². The Morgan fingerprint density at radius 3 is 2.58 bits per heavy atom. The molecule has 7 heteroatoms. The van der Waals surface area contributed by atoms with Gasteiger partial charge in [0.25, 0.3) is 0 Å². The number of methoxy groups -OCH3 is 1. The Labute approximate surface area is 153 Å². The van der Waals surface area contributed by atoms with E-state index in [1.807, 2.05) is 18.2 Å². The van der Waals surface area contributed by atoms with Crippen molar-refractivity contribution in [3.8, 4) is 11.9 Å². The van der Waals surface area contributed by atoms with Crippen LogP contribution in [0.5, 0.6) is 5.88 Å². The van der Waals surface area contributed by atoms with Crippen LogP contribution >= 0.6 is 0 Å². The van der Waals surface area contributed by atoms with Gasteiger partial charge in [-0.1, -0.05) is 0 Å². The van der Waals surface area contributed by atoms with Crippen molar-refractivity contribution < 1.29 is 4.74 Å². The maximum absolute atomic E-state index is 9.05. The van der Waals surface area contributed by atoms with Gasteiger partial charge in [-0.25, -0.2) is 15.0 Å². The maximum Gasteiger partial charge on any atom is 0.218 e. The fourth-order valence-corrected chi connectivity index (χ4v) is 3.69. The normalized spacial score (nSPS) is 17.6. The number of ether oxygens (including phenoxy) is 1. The number of anilines is 2. The van der Waals surface area contributed by atoms with E-state index >= 15 is 0 Å². The number of rotatable bonds is 5. The summed E-state index contributed by atoms with van der Waals surface area (Å²) in [5.41, 5.74) is 1.55. The van der Waals surface area contributed by atoms with E-state index in [-0.39, 0.29) is 0 Å². The number of pyridine rings is 1. The van der Waals surface area contributed by atoms with E-state index in [2.05, 4.69) is 30.8 Å². The minimum Gasteiger partial charge on any atom is -0.481 e. The molecule has 0 atom stereocenters. The molecular weight excluding hydrogens is 328 g/mol. The Balaban J connectivity index is 1.47. The number of piperidine rings is 1. The van der Waals surface area contributed by atoms with Gasteiger partial charge in [-0.3, -0.25) is 0 Å². The zero-order valence-electron chi connectivity index (χ0n) is 14.9. The first-order valence-electron chi connectivity index (χ1n) is 9.04. The molecule has 7 nitrogen and oxygen atoms in total. The molecule has 1 saturated heterocycles. The summed E-state index contributed by atoms with van der Waals surface area (Å²) in [6.45, 7) is 1.93. The van der Waals surface area contributed by atoms with Gasteiger partial charge >= 0.3 is 0 Å². The lowest BCUT2D eigenvalue weighted by atomic mass is 10.0. The molecule has 0 bridgehead atoms. The topological polar surface area (TPSA) is 78.2 Å². The van der Waals surface area contributed by atoms with E-state index in [0.29, 0.717) is 23.7 Å². The summed E-state index contributed by atoms with van der Waals surface area (Å²) in [5.74, 6) is 1.58. The van der Waals surface area contributed by atoms with Crippen LogP contribution in [0.25, 0.3) is 0 Å². The molecule has 0 aromatic carbocycles. The van der Waals surface area contributed by atoms with Crippen LogP contribution in [-0.4, -0.2) is 47.2 Å². The Morgan fingerprint density at radius 1 is 1.12 bits per heavy atom. The minimum absolute atomic E-state index is 0.468. The summed E-state index contributed by atoms with van der Waals surface area (Å²) >= 11 is 0. The highest BCUT2D eigenvalue weighted by atomic mass is 16.5. The number of hydrogen-bond acceptors (Lipinski definition) is 7. The SMILES string of the molecule is COc1cc(N(C2CC2)C2CCN(c3ccnc(C#N)c3)CC2)ncn1. The van der Waals surface area contributed by atoms with Crippen molar-refractivity contribution >= 4 is 11.5 Å². The summed E-state index contributed by atoms with van der Waals surface area (Å²) in [7, 11) is 1.64. The largest absolute Gasteiger partial charge is 0.481 e. The predicted octanol–water partition coefficient (Wildman–Crippen LogP) is 2.39. The third-order valence-electron chi connectivity index (χ3n) is 5.12. The highest BCUT2D eigenvalue weighted by Gasteiger charge is 2.36. The van der Waals surface area contributed by atoms with Crippen LogP contribution in [0.15, 0.2) is 30.7 Å². The highest BCUT2D eigenvalue weighted by Crippen LogP contribution is 2.36. The summed E-state index contributed by atoms with van der Waals surface area (Å²) in [6.07, 6.45) is 7.87. The molecule has 2 aromatic rings. The molecule has 134 valence electrons. The molecule has 0 amide bonds. The maximum atomic E-state index is 9.05. The molecule has 4 rings (SSSR count). The quantitative estimate of drug-likeness (QED) is 0.819. The monoisotopic (exact) mass is 350 g/mol. The van der Waals surface area contributed by atoms with E-state index in [1.54, 1.807) is 19.6 Å². The van der Waals surface area contributed by atoms with Crippen molar-refractivity contribution in [2.24, 2.45) is 0 Å². The van der Waals surface area contributed by atoms with Gasteiger partial charge < -0.3 is 14.5 Å². The van der Waals surface area contributed by atoms with E-state index in [1.165, 1.54) is 12.8 Å². The first-order chi connectivity index (χ1) is 12.8. The summed E-state index contributed by atoms with van der Waals surface area (Å²) in [5, 5.41) is 9.05. The molecule has 0 unspecified atom stereocenters. The van der Waals surface area contributed by atoms with Gasteiger partial charge in [0.15, 0.2) is 0 Å². The average Bonchev–Trinajstić information content (AvgIpc) is 3.54. The Kier molecular flexibility index (Phi) is 4.57. The molecular formula is C19H22N6O. The minimum atomic E-state index is 0.468. The van der Waals surface area contributed by atoms with Crippen molar-refractivity contribution in [2.45, 2.75) is 37.8 Å². The fourth-order valence-electron chi connectivity index (χ4n) is 3.69. The van der Waals surface area contributed by atoms with E-state index in [0.717, 1.165) is 37.4 Å². The van der Waals surface area contributed by atoms with Crippen LogP contribution < -0.4 is 14.5 Å². The molecule has 1 aliphatic heterocycles. The van der Waals surface area contributed by atoms with Gasteiger partial charge in [0, 0.05) is 43.1 Å². The summed E-state index contributed by atoms with van der Waals surface area (Å²) in [6, 6.07) is 8.95. The van der Waals surface area contributed by atoms with Gasteiger partial charge in [0.05, 0.1) is 7.11 Å².